The molecule has 1 fully saturated rings. The van der Waals surface area contributed by atoms with E-state index in [-0.39, 0.29) is 10.8 Å². The Bertz CT molecular complexity index is 1530. The van der Waals surface area contributed by atoms with Crippen molar-refractivity contribution < 1.29 is 13.2 Å². The number of nitrogens with one attached hydrogen (secondary N) is 1. The maximum absolute atomic E-state index is 13.4. The van der Waals surface area contributed by atoms with Crippen molar-refractivity contribution in [1.82, 2.24) is 19.7 Å². The first-order chi connectivity index (χ1) is 16.7. The second kappa shape index (κ2) is 8.98. The van der Waals surface area contributed by atoms with E-state index in [2.05, 4.69) is 25.9 Å². The number of anilines is 1. The van der Waals surface area contributed by atoms with Gasteiger partial charge >= 0.3 is 0 Å². The molecule has 1 aliphatic rings. The topological polar surface area (TPSA) is 99.0 Å². The van der Waals surface area contributed by atoms with Crippen molar-refractivity contribution in [3.05, 3.63) is 76.8 Å². The molecule has 1 saturated carbocycles. The Morgan fingerprint density at radius 3 is 2.60 bits per heavy atom. The van der Waals surface area contributed by atoms with Crippen molar-refractivity contribution in [2.45, 2.75) is 37.5 Å². The first-order valence-corrected chi connectivity index (χ1v) is 13.0. The van der Waals surface area contributed by atoms with Crippen LogP contribution in [0.5, 0.6) is 11.6 Å². The molecule has 4 aromatic rings. The molecule has 3 heterocycles. The molecule has 180 valence electrons. The molecule has 1 aromatic carbocycles. The van der Waals surface area contributed by atoms with E-state index in [1.165, 1.54) is 23.1 Å². The van der Waals surface area contributed by atoms with Gasteiger partial charge in [-0.25, -0.2) is 13.4 Å². The van der Waals surface area contributed by atoms with Gasteiger partial charge in [0.05, 0.1) is 22.6 Å². The number of aryl methyl sites for hydroxylation is 3. The molecule has 1 N–H and O–H groups in total. The van der Waals surface area contributed by atoms with Crippen LogP contribution in [0.3, 0.4) is 0 Å². The highest BCUT2D eigenvalue weighted by atomic mass is 35.5. The summed E-state index contributed by atoms with van der Waals surface area (Å²) in [6.45, 7) is 4.00. The standard InChI is InChI=1S/C25H24ClN5O3S/c1-15-8-16(2)24(21(9-15)17-4-5-17)34-25-23(35(32,33)30-20-13-28-31(3)14-20)7-6-22(29-25)18-10-19(26)12-27-11-18/h6-14,17,30H,4-5H2,1-3H3. The molecule has 0 unspecified atom stereocenters. The van der Waals surface area contributed by atoms with Crippen LogP contribution in [-0.4, -0.2) is 28.2 Å². The zero-order valence-corrected chi connectivity index (χ0v) is 21.1. The Hall–Kier alpha value is -3.43. The normalized spacial score (nSPS) is 13.6. The van der Waals surface area contributed by atoms with E-state index < -0.39 is 10.0 Å². The molecule has 0 aliphatic heterocycles. The lowest BCUT2D eigenvalue weighted by molar-refractivity contribution is 0.439. The number of halogens is 1. The highest BCUT2D eigenvalue weighted by Gasteiger charge is 2.30. The average molecular weight is 510 g/mol. The van der Waals surface area contributed by atoms with Crippen molar-refractivity contribution >= 4 is 27.3 Å². The third kappa shape index (κ3) is 5.01. The summed E-state index contributed by atoms with van der Waals surface area (Å²) < 4.78 is 37.2. The van der Waals surface area contributed by atoms with Gasteiger partial charge in [0.25, 0.3) is 10.0 Å². The van der Waals surface area contributed by atoms with Crippen molar-refractivity contribution in [2.75, 3.05) is 4.72 Å². The maximum atomic E-state index is 13.4. The molecule has 10 heteroatoms. The van der Waals surface area contributed by atoms with Gasteiger partial charge in [-0.3, -0.25) is 14.4 Å². The molecule has 0 saturated heterocycles. The first kappa shape index (κ1) is 23.3. The van der Waals surface area contributed by atoms with Gasteiger partial charge in [-0.05, 0) is 61.9 Å². The fourth-order valence-electron chi connectivity index (χ4n) is 4.02. The smallest absolute Gasteiger partial charge is 0.267 e. The van der Waals surface area contributed by atoms with Gasteiger partial charge in [-0.15, -0.1) is 0 Å². The van der Waals surface area contributed by atoms with E-state index in [0.29, 0.717) is 33.6 Å². The summed E-state index contributed by atoms with van der Waals surface area (Å²) in [6.07, 6.45) is 8.31. The second-order valence-electron chi connectivity index (χ2n) is 8.78. The number of aromatic nitrogens is 4. The van der Waals surface area contributed by atoms with Crippen molar-refractivity contribution in [3.8, 4) is 22.9 Å². The molecule has 5 rings (SSSR count). The molecule has 1 aliphatic carbocycles. The van der Waals surface area contributed by atoms with E-state index >= 15 is 0 Å². The van der Waals surface area contributed by atoms with E-state index in [1.54, 1.807) is 31.6 Å². The quantitative estimate of drug-likeness (QED) is 0.347. The summed E-state index contributed by atoms with van der Waals surface area (Å²) >= 11 is 6.12. The van der Waals surface area contributed by atoms with Crippen molar-refractivity contribution in [2.24, 2.45) is 7.05 Å². The minimum absolute atomic E-state index is 0.0206. The molecular formula is C25H24ClN5O3S. The molecule has 0 spiro atoms. The lowest BCUT2D eigenvalue weighted by Gasteiger charge is -2.17. The van der Waals surface area contributed by atoms with Crippen LogP contribution in [-0.2, 0) is 17.1 Å². The number of hydrogen-bond acceptors (Lipinski definition) is 6. The van der Waals surface area contributed by atoms with E-state index in [9.17, 15) is 8.42 Å². The predicted octanol–water partition coefficient (Wildman–Crippen LogP) is 5.62. The number of hydrogen-bond donors (Lipinski definition) is 1. The van der Waals surface area contributed by atoms with Gasteiger partial charge in [0, 0.05) is 31.2 Å². The molecule has 3 aromatic heterocycles. The number of benzene rings is 1. The third-order valence-corrected chi connectivity index (χ3v) is 7.34. The van der Waals surface area contributed by atoms with E-state index in [1.807, 2.05) is 19.9 Å². The Morgan fingerprint density at radius 2 is 1.91 bits per heavy atom. The van der Waals surface area contributed by atoms with Crippen LogP contribution < -0.4 is 9.46 Å². The van der Waals surface area contributed by atoms with E-state index in [0.717, 1.165) is 29.5 Å². The molecule has 35 heavy (non-hydrogen) atoms. The fourth-order valence-corrected chi connectivity index (χ4v) is 5.29. The zero-order valence-electron chi connectivity index (χ0n) is 19.5. The average Bonchev–Trinajstić information content (AvgIpc) is 3.57. The molecule has 0 bridgehead atoms. The Kier molecular flexibility index (Phi) is 5.98. The predicted molar refractivity (Wildman–Crippen MR) is 134 cm³/mol. The highest BCUT2D eigenvalue weighted by molar-refractivity contribution is 7.92. The lowest BCUT2D eigenvalue weighted by atomic mass is 10.0. The van der Waals surface area contributed by atoms with Gasteiger partial charge in [0.1, 0.15) is 10.6 Å². The Morgan fingerprint density at radius 1 is 1.11 bits per heavy atom. The van der Waals surface area contributed by atoms with Crippen LogP contribution in [0, 0.1) is 13.8 Å². The van der Waals surface area contributed by atoms with Crippen LogP contribution in [0.15, 0.2) is 60.0 Å². The van der Waals surface area contributed by atoms with Gasteiger partial charge in [0.15, 0.2) is 0 Å². The maximum Gasteiger partial charge on any atom is 0.267 e. The summed E-state index contributed by atoms with van der Waals surface area (Å²) in [7, 11) is -2.32. The highest BCUT2D eigenvalue weighted by Crippen LogP contribution is 2.47. The monoisotopic (exact) mass is 509 g/mol. The number of rotatable bonds is 7. The molecule has 0 radical (unpaired) electrons. The molecule has 8 nitrogen and oxygen atoms in total. The van der Waals surface area contributed by atoms with Gasteiger partial charge in [0.2, 0.25) is 5.88 Å². The van der Waals surface area contributed by atoms with Crippen LogP contribution >= 0.6 is 11.6 Å². The Balaban J connectivity index is 1.63. The largest absolute Gasteiger partial charge is 0.437 e. The Labute approximate surface area is 209 Å². The van der Waals surface area contributed by atoms with E-state index in [4.69, 9.17) is 16.3 Å². The van der Waals surface area contributed by atoms with Crippen LogP contribution in [0.25, 0.3) is 11.3 Å². The van der Waals surface area contributed by atoms with Gasteiger partial charge < -0.3 is 4.74 Å². The summed E-state index contributed by atoms with van der Waals surface area (Å²) in [4.78, 5) is 8.65. The third-order valence-electron chi connectivity index (χ3n) is 5.74. The lowest BCUT2D eigenvalue weighted by Crippen LogP contribution is -2.14. The minimum atomic E-state index is -4.03. The van der Waals surface area contributed by atoms with Gasteiger partial charge in [-0.2, -0.15) is 5.10 Å². The van der Waals surface area contributed by atoms with Crippen molar-refractivity contribution in [3.63, 3.8) is 0 Å². The number of ether oxygens (including phenoxy) is 1. The van der Waals surface area contributed by atoms with Crippen LogP contribution in [0.1, 0.15) is 35.4 Å². The fraction of sp³-hybridized carbons (Fsp3) is 0.240. The summed E-state index contributed by atoms with van der Waals surface area (Å²) in [5, 5.41) is 4.48. The zero-order chi connectivity index (χ0) is 24.7. The second-order valence-corrected chi connectivity index (χ2v) is 10.9. The molecule has 0 amide bonds. The number of nitrogens with zero attached hydrogens (tertiary/aromatic N) is 4. The van der Waals surface area contributed by atoms with Crippen molar-refractivity contribution in [1.29, 1.82) is 0 Å². The first-order valence-electron chi connectivity index (χ1n) is 11.1. The summed E-state index contributed by atoms with van der Waals surface area (Å²) in [6, 6.07) is 8.94. The van der Waals surface area contributed by atoms with Crippen LogP contribution in [0.2, 0.25) is 5.02 Å². The summed E-state index contributed by atoms with van der Waals surface area (Å²) in [5.74, 6) is 1.02. The summed E-state index contributed by atoms with van der Waals surface area (Å²) in [5.41, 5.74) is 4.61. The molecular weight excluding hydrogens is 486 g/mol. The minimum Gasteiger partial charge on any atom is -0.437 e. The molecule has 0 atom stereocenters. The van der Waals surface area contributed by atoms with Crippen LogP contribution in [0.4, 0.5) is 5.69 Å². The SMILES string of the molecule is Cc1cc(C)c(Oc2nc(-c3cncc(Cl)c3)ccc2S(=O)(=O)Nc2cnn(C)c2)c(C2CC2)c1. The number of sulfonamides is 1. The van der Waals surface area contributed by atoms with Gasteiger partial charge in [-0.1, -0.05) is 29.3 Å². The number of pyridine rings is 2.